The molecule has 2 heterocycles. The number of aliphatic hydroxyl groups excluding tert-OH is 1. The smallest absolute Gasteiger partial charge is 0.217 e. The lowest BCUT2D eigenvalue weighted by atomic mass is 9.99. The number of amides is 1. The fourth-order valence-electron chi connectivity index (χ4n) is 4.35. The number of rotatable bonds is 9. The number of hydrogen-bond donors (Lipinski definition) is 3. The molecule has 0 spiro atoms. The number of benzene rings is 1. The number of likely N-dealkylation sites (tertiary alicyclic amines) is 2. The summed E-state index contributed by atoms with van der Waals surface area (Å²) >= 11 is 0. The van der Waals surface area contributed by atoms with Gasteiger partial charge in [0.25, 0.3) is 0 Å². The fraction of sp³-hybridized carbons (Fsp3) is 0.682. The van der Waals surface area contributed by atoms with Gasteiger partial charge in [0.05, 0.1) is 12.2 Å². The van der Waals surface area contributed by atoms with E-state index in [0.29, 0.717) is 26.1 Å². The first-order valence-electron chi connectivity index (χ1n) is 10.7. The van der Waals surface area contributed by atoms with E-state index in [2.05, 4.69) is 27.2 Å². The number of piperidine rings is 1. The van der Waals surface area contributed by atoms with Crippen LogP contribution in [0.3, 0.4) is 0 Å². The van der Waals surface area contributed by atoms with Gasteiger partial charge in [-0.25, -0.2) is 0 Å². The molecule has 1 aromatic rings. The van der Waals surface area contributed by atoms with Crippen LogP contribution in [-0.4, -0.2) is 83.5 Å². The Bertz CT molecular complexity index is 646. The maximum atomic E-state index is 11.2. The van der Waals surface area contributed by atoms with Gasteiger partial charge in [0, 0.05) is 65.3 Å². The molecule has 2 aliphatic rings. The number of aliphatic hydroxyl groups is 2. The minimum Gasteiger partial charge on any atom is -0.494 e. The molecule has 1 amide bonds. The number of ether oxygens (including phenoxy) is 1. The van der Waals surface area contributed by atoms with E-state index in [-0.39, 0.29) is 18.6 Å². The van der Waals surface area contributed by atoms with Gasteiger partial charge in [-0.15, -0.1) is 0 Å². The van der Waals surface area contributed by atoms with Crippen LogP contribution in [-0.2, 0) is 11.3 Å². The average molecular weight is 406 g/mol. The number of nitrogens with zero attached hydrogens (tertiary/aromatic N) is 2. The molecule has 0 aliphatic carbocycles. The van der Waals surface area contributed by atoms with Gasteiger partial charge in [0.1, 0.15) is 5.75 Å². The summed E-state index contributed by atoms with van der Waals surface area (Å²) in [5.41, 5.74) is 0.550. The van der Waals surface area contributed by atoms with Crippen molar-refractivity contribution in [3.8, 4) is 5.75 Å². The first-order valence-corrected chi connectivity index (χ1v) is 10.7. The largest absolute Gasteiger partial charge is 0.494 e. The molecule has 3 rings (SSSR count). The summed E-state index contributed by atoms with van der Waals surface area (Å²) in [6.07, 6.45) is 3.33. The van der Waals surface area contributed by atoms with Gasteiger partial charge < -0.3 is 25.2 Å². The van der Waals surface area contributed by atoms with E-state index in [1.165, 1.54) is 5.56 Å². The van der Waals surface area contributed by atoms with Crippen LogP contribution in [0.2, 0.25) is 0 Å². The summed E-state index contributed by atoms with van der Waals surface area (Å²) < 4.78 is 5.58. The summed E-state index contributed by atoms with van der Waals surface area (Å²) in [6.45, 7) is 7.19. The van der Waals surface area contributed by atoms with Gasteiger partial charge in [-0.1, -0.05) is 12.1 Å². The van der Waals surface area contributed by atoms with Gasteiger partial charge in [-0.05, 0) is 37.0 Å². The second kappa shape index (κ2) is 10.4. The highest BCUT2D eigenvalue weighted by Crippen LogP contribution is 2.26. The molecular formula is C22H35N3O4. The highest BCUT2D eigenvalue weighted by atomic mass is 16.5. The molecular weight excluding hydrogens is 370 g/mol. The van der Waals surface area contributed by atoms with Gasteiger partial charge >= 0.3 is 0 Å². The van der Waals surface area contributed by atoms with Crippen LogP contribution in [0.4, 0.5) is 0 Å². The summed E-state index contributed by atoms with van der Waals surface area (Å²) in [6, 6.07) is 8.34. The van der Waals surface area contributed by atoms with Crippen molar-refractivity contribution in [1.82, 2.24) is 15.1 Å². The monoisotopic (exact) mass is 405 g/mol. The molecule has 0 bridgehead atoms. The Hall–Kier alpha value is -1.67. The maximum Gasteiger partial charge on any atom is 0.217 e. The van der Waals surface area contributed by atoms with Crippen molar-refractivity contribution in [1.29, 1.82) is 0 Å². The summed E-state index contributed by atoms with van der Waals surface area (Å²) in [5.74, 6) is 0.862. The van der Waals surface area contributed by atoms with Crippen molar-refractivity contribution in [2.24, 2.45) is 0 Å². The summed E-state index contributed by atoms with van der Waals surface area (Å²) in [7, 11) is 0. The normalized spacial score (nSPS) is 24.0. The molecule has 0 aromatic heterocycles. The van der Waals surface area contributed by atoms with Crippen LogP contribution in [0.15, 0.2) is 24.3 Å². The van der Waals surface area contributed by atoms with E-state index in [4.69, 9.17) is 9.84 Å². The number of hydrogen-bond acceptors (Lipinski definition) is 6. The Balaban J connectivity index is 1.41. The third-order valence-corrected chi connectivity index (χ3v) is 5.82. The molecule has 1 aromatic carbocycles. The molecule has 0 saturated carbocycles. The van der Waals surface area contributed by atoms with Crippen molar-refractivity contribution in [3.05, 3.63) is 29.8 Å². The van der Waals surface area contributed by atoms with Crippen LogP contribution < -0.4 is 10.1 Å². The lowest BCUT2D eigenvalue weighted by molar-refractivity contribution is -0.120. The highest BCUT2D eigenvalue weighted by molar-refractivity contribution is 5.73. The second-order valence-corrected chi connectivity index (χ2v) is 8.51. The Labute approximate surface area is 173 Å². The van der Waals surface area contributed by atoms with Gasteiger partial charge in [0.15, 0.2) is 0 Å². The Kier molecular flexibility index (Phi) is 7.89. The van der Waals surface area contributed by atoms with Crippen LogP contribution in [0.1, 0.15) is 38.2 Å². The van der Waals surface area contributed by atoms with Gasteiger partial charge in [-0.2, -0.15) is 0 Å². The number of carbonyl (C=O) groups excluding carboxylic acids is 1. The summed E-state index contributed by atoms with van der Waals surface area (Å²) in [5, 5.41) is 22.9. The van der Waals surface area contributed by atoms with Gasteiger partial charge in [0.2, 0.25) is 5.91 Å². The fourth-order valence-corrected chi connectivity index (χ4v) is 4.35. The molecule has 0 unspecified atom stereocenters. The van der Waals surface area contributed by atoms with Crippen LogP contribution in [0.5, 0.6) is 5.75 Å². The Morgan fingerprint density at radius 1 is 1.21 bits per heavy atom. The molecule has 1 atom stereocenters. The number of nitrogens with one attached hydrogen (secondary N) is 1. The highest BCUT2D eigenvalue weighted by Gasteiger charge is 2.38. The SMILES string of the molecule is CC(=O)NC1CCN(C[C@@]2(O)CCN(Cc3ccc(OCCCO)cc3)C2)CC1. The summed E-state index contributed by atoms with van der Waals surface area (Å²) in [4.78, 5) is 15.8. The quantitative estimate of drug-likeness (QED) is 0.531. The van der Waals surface area contributed by atoms with Crippen LogP contribution >= 0.6 is 0 Å². The predicted molar refractivity (Wildman–Crippen MR) is 112 cm³/mol. The standard InChI is InChI=1S/C22H35N3O4/c1-18(27)23-20-7-10-24(11-8-20)16-22(28)9-12-25(17-22)15-19-3-5-21(6-4-19)29-14-2-13-26/h3-6,20,26,28H,2,7-17H2,1H3,(H,23,27)/t22-/m0/s1. The molecule has 7 heteroatoms. The van der Waals surface area contributed by atoms with E-state index < -0.39 is 5.60 Å². The molecule has 0 radical (unpaired) electrons. The average Bonchev–Trinajstić information content (AvgIpc) is 3.05. The zero-order chi connectivity index (χ0) is 20.7. The molecule has 7 nitrogen and oxygen atoms in total. The maximum absolute atomic E-state index is 11.2. The predicted octanol–water partition coefficient (Wildman–Crippen LogP) is 0.985. The first kappa shape index (κ1) is 22.0. The topological polar surface area (TPSA) is 85.3 Å². The van der Waals surface area contributed by atoms with E-state index in [9.17, 15) is 9.90 Å². The molecule has 2 aliphatic heterocycles. The number of carbonyl (C=O) groups is 1. The van der Waals surface area contributed by atoms with Crippen molar-refractivity contribution >= 4 is 5.91 Å². The lowest BCUT2D eigenvalue weighted by Gasteiger charge is -2.36. The van der Waals surface area contributed by atoms with Crippen molar-refractivity contribution in [3.63, 3.8) is 0 Å². The molecule has 29 heavy (non-hydrogen) atoms. The Morgan fingerprint density at radius 3 is 2.59 bits per heavy atom. The lowest BCUT2D eigenvalue weighted by Crippen LogP contribution is -2.50. The van der Waals surface area contributed by atoms with Crippen molar-refractivity contribution in [2.75, 3.05) is 45.9 Å². The zero-order valence-corrected chi connectivity index (χ0v) is 17.5. The van der Waals surface area contributed by atoms with E-state index in [1.54, 1.807) is 6.92 Å². The van der Waals surface area contributed by atoms with E-state index >= 15 is 0 Å². The van der Waals surface area contributed by atoms with Crippen LogP contribution in [0.25, 0.3) is 0 Å². The third-order valence-electron chi connectivity index (χ3n) is 5.82. The van der Waals surface area contributed by atoms with Gasteiger partial charge in [-0.3, -0.25) is 9.69 Å². The zero-order valence-electron chi connectivity index (χ0n) is 17.5. The van der Waals surface area contributed by atoms with Crippen molar-refractivity contribution in [2.45, 2.75) is 50.8 Å². The Morgan fingerprint density at radius 2 is 1.93 bits per heavy atom. The van der Waals surface area contributed by atoms with E-state index in [1.807, 2.05) is 12.1 Å². The molecule has 2 saturated heterocycles. The number of β-amino-alcohol motifs (C(OH)–C–C–N with tert-alkyl or cyclic N) is 1. The first-order chi connectivity index (χ1) is 14.0. The molecule has 162 valence electrons. The third kappa shape index (κ3) is 6.96. The second-order valence-electron chi connectivity index (χ2n) is 8.51. The molecule has 2 fully saturated rings. The van der Waals surface area contributed by atoms with Crippen molar-refractivity contribution < 1.29 is 19.7 Å². The molecule has 3 N–H and O–H groups in total. The minimum atomic E-state index is -0.659. The minimum absolute atomic E-state index is 0.0401. The van der Waals surface area contributed by atoms with E-state index in [0.717, 1.165) is 51.2 Å². The van der Waals surface area contributed by atoms with Crippen LogP contribution in [0, 0.1) is 0 Å².